The molecular formula is C52H54ClFN10O7S. The summed E-state index contributed by atoms with van der Waals surface area (Å²) in [5.74, 6) is 0.226. The van der Waals surface area contributed by atoms with Gasteiger partial charge in [0.15, 0.2) is 0 Å². The van der Waals surface area contributed by atoms with E-state index in [0.29, 0.717) is 65.3 Å². The maximum Gasteiger partial charge on any atom is 0.407 e. The van der Waals surface area contributed by atoms with Crippen molar-refractivity contribution >= 4 is 57.8 Å². The number of carbonyl (C=O) groups excluding carboxylic acids is 4. The van der Waals surface area contributed by atoms with Crippen LogP contribution in [-0.2, 0) is 19.1 Å². The summed E-state index contributed by atoms with van der Waals surface area (Å²) in [6.45, 7) is 8.50. The van der Waals surface area contributed by atoms with Gasteiger partial charge in [0.1, 0.15) is 40.3 Å². The monoisotopic (exact) mass is 1020 g/mol. The number of methoxy groups -OCH3 is 2. The topological polar surface area (TPSA) is 202 Å². The molecule has 0 saturated carbocycles. The van der Waals surface area contributed by atoms with E-state index in [4.69, 9.17) is 40.8 Å². The standard InChI is InChI=1S/C52H54ClFN10O7S/c1-26(2)43(60-51(67)69-5)48(65)62-17-7-9-37(62)45-55-23-34(58-45)29-13-16-36-31(19-29)21-39-42-33(54)20-30(22-40(42)71-50(64(36)39)41-25-57-47(72-41)28-11-14-32(53)15-12-28)35-24-56-46(59-35)38-10-8-18-63(38)49(66)44(27(3)4)61-52(68)70-6/h11-16,19-27,37-38,43-44,50H,7-10,17-18H2,1-6H3,(H,55,58)(H,56,59)(H,60,67)(H,61,68)/t37-,38-,43?,44?,50?/m0/s1. The van der Waals surface area contributed by atoms with E-state index >= 15 is 4.39 Å². The Morgan fingerprint density at radius 2 is 1.32 bits per heavy atom. The van der Waals surface area contributed by atoms with Crippen molar-refractivity contribution in [1.82, 2.24) is 49.9 Å². The summed E-state index contributed by atoms with van der Waals surface area (Å²) in [7, 11) is 2.53. The zero-order valence-electron chi connectivity index (χ0n) is 40.5. The lowest BCUT2D eigenvalue weighted by atomic mass is 10.0. The molecule has 20 heteroatoms. The van der Waals surface area contributed by atoms with Crippen LogP contribution in [0.25, 0.3) is 55.2 Å². The molecule has 0 aliphatic carbocycles. The first-order chi connectivity index (χ1) is 34.7. The van der Waals surface area contributed by atoms with Crippen molar-refractivity contribution < 1.29 is 37.8 Å². The Bertz CT molecular complexity index is 3200. The smallest absolute Gasteiger partial charge is 0.407 e. The molecule has 3 aliphatic rings. The first kappa shape index (κ1) is 48.4. The molecule has 0 spiro atoms. The number of hydrogen-bond donors (Lipinski definition) is 4. The molecule has 10 rings (SSSR count). The Kier molecular flexibility index (Phi) is 13.3. The first-order valence-electron chi connectivity index (χ1n) is 24.0. The van der Waals surface area contributed by atoms with Gasteiger partial charge in [-0.05, 0) is 80.0 Å². The van der Waals surface area contributed by atoms with Crippen LogP contribution in [-0.4, -0.2) is 103 Å². The van der Waals surface area contributed by atoms with Crippen molar-refractivity contribution in [3.8, 4) is 50.1 Å². The van der Waals surface area contributed by atoms with Gasteiger partial charge in [-0.3, -0.25) is 14.2 Å². The highest BCUT2D eigenvalue weighted by Gasteiger charge is 2.40. The lowest BCUT2D eigenvalue weighted by Crippen LogP contribution is -2.51. The maximum atomic E-state index is 17.0. The summed E-state index contributed by atoms with van der Waals surface area (Å²) >= 11 is 7.69. The third kappa shape index (κ3) is 9.03. The molecule has 3 aliphatic heterocycles. The summed E-state index contributed by atoms with van der Waals surface area (Å²) in [5.41, 5.74) is 5.20. The van der Waals surface area contributed by atoms with E-state index in [9.17, 15) is 19.2 Å². The van der Waals surface area contributed by atoms with Crippen LogP contribution in [0.3, 0.4) is 0 Å². The number of nitrogens with zero attached hydrogens (tertiary/aromatic N) is 6. The largest absolute Gasteiger partial charge is 0.464 e. The highest BCUT2D eigenvalue weighted by Crippen LogP contribution is 2.49. The third-order valence-corrected chi connectivity index (χ3v) is 15.1. The number of rotatable bonds is 12. The molecule has 2 fully saturated rings. The van der Waals surface area contributed by atoms with Gasteiger partial charge < -0.3 is 44.6 Å². The zero-order chi connectivity index (χ0) is 50.5. The Labute approximate surface area is 423 Å². The summed E-state index contributed by atoms with van der Waals surface area (Å²) in [6.07, 6.45) is 5.98. The number of benzene rings is 3. The van der Waals surface area contributed by atoms with Crippen LogP contribution in [0.15, 0.2) is 79.3 Å². The minimum atomic E-state index is -0.789. The number of nitrogens with one attached hydrogen (secondary N) is 4. The SMILES string of the molecule is COC(=O)NC(C(=O)N1CCC[C@H]1c1ncc(-c2cc(F)c3c(c2)OC(c2cnc(-c4ccc(Cl)cc4)s2)n2c-3cc3cc(-c4cnc([C@@H]5CCCN5C(=O)C(NC(=O)OC)C(C)C)[nH]4)ccc32)[nH]1)C(C)C. The highest BCUT2D eigenvalue weighted by atomic mass is 35.5. The van der Waals surface area contributed by atoms with E-state index in [1.165, 1.54) is 31.6 Å². The van der Waals surface area contributed by atoms with Crippen LogP contribution in [0.2, 0.25) is 5.02 Å². The number of halogens is 2. The Morgan fingerprint density at radius 1 is 0.750 bits per heavy atom. The summed E-state index contributed by atoms with van der Waals surface area (Å²) in [4.78, 5) is 77.4. The molecule has 4 amide bonds. The van der Waals surface area contributed by atoms with E-state index in [1.54, 1.807) is 34.5 Å². The number of aromatic nitrogens is 6. The van der Waals surface area contributed by atoms with Gasteiger partial charge in [-0.2, -0.15) is 0 Å². The van der Waals surface area contributed by atoms with Gasteiger partial charge in [0.25, 0.3) is 0 Å². The van der Waals surface area contributed by atoms with E-state index in [0.717, 1.165) is 50.5 Å². The predicted molar refractivity (Wildman–Crippen MR) is 270 cm³/mol. The summed E-state index contributed by atoms with van der Waals surface area (Å²) < 4.78 is 35.5. The van der Waals surface area contributed by atoms with Crippen LogP contribution in [0.5, 0.6) is 5.75 Å². The number of thiazole rings is 1. The van der Waals surface area contributed by atoms with E-state index in [-0.39, 0.29) is 41.3 Å². The number of hydrogen-bond acceptors (Lipinski definition) is 11. The number of aromatic amines is 2. The number of alkyl carbamates (subject to hydrolysis) is 2. The Morgan fingerprint density at radius 3 is 1.89 bits per heavy atom. The first-order valence-corrected chi connectivity index (χ1v) is 25.2. The van der Waals surface area contributed by atoms with E-state index in [1.807, 2.05) is 80.8 Å². The van der Waals surface area contributed by atoms with Crippen LogP contribution >= 0.6 is 22.9 Å². The van der Waals surface area contributed by atoms with Crippen molar-refractivity contribution in [2.24, 2.45) is 11.8 Å². The number of imidazole rings is 2. The minimum Gasteiger partial charge on any atom is -0.464 e. The molecular weight excluding hydrogens is 963 g/mol. The van der Waals surface area contributed by atoms with Crippen LogP contribution in [0.4, 0.5) is 14.0 Å². The van der Waals surface area contributed by atoms with Crippen molar-refractivity contribution in [2.45, 2.75) is 83.8 Å². The van der Waals surface area contributed by atoms with Crippen molar-refractivity contribution in [3.63, 3.8) is 0 Å². The quantitative estimate of drug-likeness (QED) is 0.0913. The van der Waals surface area contributed by atoms with Crippen LogP contribution in [0, 0.1) is 17.7 Å². The van der Waals surface area contributed by atoms with Crippen molar-refractivity contribution in [3.05, 3.63) is 107 Å². The molecule has 0 radical (unpaired) electrons. The maximum absolute atomic E-state index is 17.0. The van der Waals surface area contributed by atoms with E-state index < -0.39 is 36.3 Å². The molecule has 0 bridgehead atoms. The molecule has 4 N–H and O–H groups in total. The molecule has 7 heterocycles. The van der Waals surface area contributed by atoms with Crippen LogP contribution < -0.4 is 15.4 Å². The number of ether oxygens (including phenoxy) is 3. The predicted octanol–water partition coefficient (Wildman–Crippen LogP) is 10.0. The molecule has 3 unspecified atom stereocenters. The molecule has 2 saturated heterocycles. The van der Waals surface area contributed by atoms with E-state index in [2.05, 4.69) is 20.6 Å². The molecule has 3 aromatic carbocycles. The molecule has 5 atom stereocenters. The van der Waals surface area contributed by atoms with Gasteiger partial charge in [0.05, 0.1) is 71.7 Å². The van der Waals surface area contributed by atoms with Gasteiger partial charge in [-0.25, -0.2) is 28.9 Å². The normalized spacial score (nSPS) is 18.2. The summed E-state index contributed by atoms with van der Waals surface area (Å²) in [6, 6.07) is 16.4. The van der Waals surface area contributed by atoms with Gasteiger partial charge in [-0.1, -0.05) is 57.5 Å². The molecule has 4 aromatic heterocycles. The second-order valence-corrected chi connectivity index (χ2v) is 20.5. The number of H-pyrrole nitrogens is 2. The lowest BCUT2D eigenvalue weighted by Gasteiger charge is -2.30. The molecule has 7 aromatic rings. The second-order valence-electron chi connectivity index (χ2n) is 19.0. The molecule has 72 heavy (non-hydrogen) atoms. The fourth-order valence-corrected chi connectivity index (χ4v) is 11.2. The number of amides is 4. The Balaban J connectivity index is 0.987. The van der Waals surface area contributed by atoms with Crippen molar-refractivity contribution in [1.29, 1.82) is 0 Å². The van der Waals surface area contributed by atoms with Gasteiger partial charge in [-0.15, -0.1) is 11.3 Å². The molecule has 374 valence electrons. The minimum absolute atomic E-state index is 0.166. The average Bonchev–Trinajstić information content (AvgIpc) is 4.24. The van der Waals surface area contributed by atoms with Gasteiger partial charge in [0.2, 0.25) is 18.0 Å². The fraction of sp³-hybridized carbons (Fsp3) is 0.365. The van der Waals surface area contributed by atoms with Crippen molar-refractivity contribution in [2.75, 3.05) is 27.3 Å². The second kappa shape index (κ2) is 19.7. The molecule has 17 nitrogen and oxygen atoms in total. The third-order valence-electron chi connectivity index (χ3n) is 13.8. The zero-order valence-corrected chi connectivity index (χ0v) is 42.1. The lowest BCUT2D eigenvalue weighted by molar-refractivity contribution is -0.136. The average molecular weight is 1020 g/mol. The Hall–Kier alpha value is -7.25. The highest BCUT2D eigenvalue weighted by molar-refractivity contribution is 7.15. The summed E-state index contributed by atoms with van der Waals surface area (Å²) in [5, 5.41) is 7.59. The number of fused-ring (bicyclic) bond motifs is 5. The number of carbonyl (C=O) groups is 4. The van der Waals surface area contributed by atoms with Gasteiger partial charge >= 0.3 is 12.2 Å². The number of likely N-dealkylation sites (tertiary alicyclic amines) is 2. The van der Waals surface area contributed by atoms with Gasteiger partial charge in [0, 0.05) is 46.4 Å². The van der Waals surface area contributed by atoms with Crippen LogP contribution in [0.1, 0.15) is 88.2 Å². The fourth-order valence-electron chi connectivity index (χ4n) is 10.1.